The smallest absolute Gasteiger partial charge is 0.257 e. The van der Waals surface area contributed by atoms with Crippen LogP contribution in [0.3, 0.4) is 0 Å². The van der Waals surface area contributed by atoms with Gasteiger partial charge in [-0.1, -0.05) is 0 Å². The van der Waals surface area contributed by atoms with Crippen LogP contribution in [-0.2, 0) is 4.79 Å². The van der Waals surface area contributed by atoms with Gasteiger partial charge in [-0.05, 0) is 24.3 Å². The van der Waals surface area contributed by atoms with Gasteiger partial charge in [0.05, 0.1) is 24.4 Å². The summed E-state index contributed by atoms with van der Waals surface area (Å²) >= 11 is 1.77. The quantitative estimate of drug-likeness (QED) is 0.801. The second-order valence-electron chi connectivity index (χ2n) is 4.01. The molecule has 0 bridgehead atoms. The maximum atomic E-state index is 12.1. The van der Waals surface area contributed by atoms with Gasteiger partial charge in [-0.25, -0.2) is 5.01 Å². The molecule has 1 unspecified atom stereocenters. The summed E-state index contributed by atoms with van der Waals surface area (Å²) in [7, 11) is 1.62. The standard InChI is InChI=1S/C12H12N2O2S/c1-16-9-4-2-8(3-5-9)14-12(15)10-6-17-7-11(10)13-14/h2-5,10H,6-7H2,1H3. The molecule has 0 saturated carbocycles. The van der Waals surface area contributed by atoms with Crippen molar-refractivity contribution in [1.82, 2.24) is 0 Å². The number of hydrogen-bond acceptors (Lipinski definition) is 4. The Kier molecular flexibility index (Phi) is 2.55. The summed E-state index contributed by atoms with van der Waals surface area (Å²) in [6.45, 7) is 0. The predicted molar refractivity (Wildman–Crippen MR) is 68.7 cm³/mol. The van der Waals surface area contributed by atoms with Gasteiger partial charge in [-0.15, -0.1) is 0 Å². The van der Waals surface area contributed by atoms with E-state index >= 15 is 0 Å². The number of carbonyl (C=O) groups is 1. The first-order valence-electron chi connectivity index (χ1n) is 5.43. The van der Waals surface area contributed by atoms with E-state index in [1.165, 1.54) is 5.01 Å². The van der Waals surface area contributed by atoms with E-state index in [-0.39, 0.29) is 11.8 Å². The highest BCUT2D eigenvalue weighted by Crippen LogP contribution is 2.32. The van der Waals surface area contributed by atoms with E-state index in [0.29, 0.717) is 0 Å². The molecule has 2 aliphatic rings. The molecule has 0 aliphatic carbocycles. The van der Waals surface area contributed by atoms with Crippen molar-refractivity contribution in [3.63, 3.8) is 0 Å². The van der Waals surface area contributed by atoms with Crippen LogP contribution in [0.1, 0.15) is 0 Å². The lowest BCUT2D eigenvalue weighted by atomic mass is 10.1. The fourth-order valence-electron chi connectivity index (χ4n) is 2.02. The summed E-state index contributed by atoms with van der Waals surface area (Å²) in [6, 6.07) is 7.39. The molecule has 1 amide bonds. The van der Waals surface area contributed by atoms with Gasteiger partial charge in [-0.3, -0.25) is 4.79 Å². The summed E-state index contributed by atoms with van der Waals surface area (Å²) in [5.41, 5.74) is 1.82. The number of ether oxygens (including phenoxy) is 1. The molecule has 2 heterocycles. The van der Waals surface area contributed by atoms with Crippen molar-refractivity contribution in [3.05, 3.63) is 24.3 Å². The maximum Gasteiger partial charge on any atom is 0.257 e. The minimum Gasteiger partial charge on any atom is -0.497 e. The van der Waals surface area contributed by atoms with Crippen LogP contribution in [0, 0.1) is 5.92 Å². The van der Waals surface area contributed by atoms with Gasteiger partial charge in [0.1, 0.15) is 5.75 Å². The number of carbonyl (C=O) groups excluding carboxylic acids is 1. The predicted octanol–water partition coefficient (Wildman–Crippen LogP) is 1.76. The van der Waals surface area contributed by atoms with Crippen LogP contribution < -0.4 is 9.75 Å². The lowest BCUT2D eigenvalue weighted by Gasteiger charge is -2.13. The van der Waals surface area contributed by atoms with Crippen LogP contribution in [-0.4, -0.2) is 30.2 Å². The van der Waals surface area contributed by atoms with Crippen LogP contribution in [0.5, 0.6) is 5.75 Å². The number of anilines is 1. The third kappa shape index (κ3) is 1.70. The molecule has 1 aromatic rings. The Morgan fingerprint density at radius 3 is 2.82 bits per heavy atom. The average Bonchev–Trinajstić information content (AvgIpc) is 2.93. The molecule has 2 aliphatic heterocycles. The Morgan fingerprint density at radius 2 is 2.18 bits per heavy atom. The number of hydrazone groups is 1. The fourth-order valence-corrected chi connectivity index (χ4v) is 3.18. The molecule has 0 N–H and O–H groups in total. The van der Waals surface area contributed by atoms with E-state index in [4.69, 9.17) is 4.74 Å². The van der Waals surface area contributed by atoms with Crippen molar-refractivity contribution in [3.8, 4) is 5.75 Å². The van der Waals surface area contributed by atoms with Gasteiger partial charge in [0.25, 0.3) is 5.91 Å². The first kappa shape index (κ1) is 10.7. The number of fused-ring (bicyclic) bond motifs is 1. The lowest BCUT2D eigenvalue weighted by molar-refractivity contribution is -0.119. The van der Waals surface area contributed by atoms with Gasteiger partial charge < -0.3 is 4.74 Å². The second-order valence-corrected chi connectivity index (χ2v) is 5.04. The summed E-state index contributed by atoms with van der Waals surface area (Å²) in [6.07, 6.45) is 0. The topological polar surface area (TPSA) is 41.9 Å². The zero-order valence-corrected chi connectivity index (χ0v) is 10.2. The molecule has 5 heteroatoms. The van der Waals surface area contributed by atoms with E-state index in [9.17, 15) is 4.79 Å². The van der Waals surface area contributed by atoms with Crippen LogP contribution in [0.15, 0.2) is 29.4 Å². The molecule has 1 saturated heterocycles. The number of benzene rings is 1. The van der Waals surface area contributed by atoms with Crippen molar-refractivity contribution in [2.45, 2.75) is 0 Å². The number of nitrogens with zero attached hydrogens (tertiary/aromatic N) is 2. The van der Waals surface area contributed by atoms with Gasteiger partial charge in [0.15, 0.2) is 0 Å². The summed E-state index contributed by atoms with van der Waals surface area (Å²) in [4.78, 5) is 12.1. The fraction of sp³-hybridized carbons (Fsp3) is 0.333. The number of thioether (sulfide) groups is 1. The minimum absolute atomic E-state index is 0.00195. The summed E-state index contributed by atoms with van der Waals surface area (Å²) < 4.78 is 5.09. The lowest BCUT2D eigenvalue weighted by Crippen LogP contribution is -2.27. The number of methoxy groups -OCH3 is 1. The monoisotopic (exact) mass is 248 g/mol. The van der Waals surface area contributed by atoms with Crippen molar-refractivity contribution in [1.29, 1.82) is 0 Å². The van der Waals surface area contributed by atoms with E-state index in [2.05, 4.69) is 5.10 Å². The van der Waals surface area contributed by atoms with Gasteiger partial charge in [0.2, 0.25) is 0 Å². The Balaban J connectivity index is 1.89. The molecular formula is C12H12N2O2S. The zero-order chi connectivity index (χ0) is 11.8. The molecule has 3 rings (SSSR count). The van der Waals surface area contributed by atoms with Crippen LogP contribution in [0.4, 0.5) is 5.69 Å². The van der Waals surface area contributed by atoms with Crippen molar-refractivity contribution in [2.75, 3.05) is 23.6 Å². The molecule has 17 heavy (non-hydrogen) atoms. The molecule has 0 spiro atoms. The third-order valence-corrected chi connectivity index (χ3v) is 4.06. The number of hydrogen-bond donors (Lipinski definition) is 0. The maximum absolute atomic E-state index is 12.1. The van der Waals surface area contributed by atoms with Gasteiger partial charge >= 0.3 is 0 Å². The van der Waals surface area contributed by atoms with Crippen LogP contribution in [0.25, 0.3) is 0 Å². The normalized spacial score (nSPS) is 22.6. The highest BCUT2D eigenvalue weighted by atomic mass is 32.2. The number of rotatable bonds is 2. The van der Waals surface area contributed by atoms with Crippen LogP contribution in [0.2, 0.25) is 0 Å². The molecule has 0 aromatic heterocycles. The highest BCUT2D eigenvalue weighted by molar-refractivity contribution is 8.00. The van der Waals surface area contributed by atoms with E-state index in [0.717, 1.165) is 28.7 Å². The van der Waals surface area contributed by atoms with Crippen molar-refractivity contribution in [2.24, 2.45) is 11.0 Å². The molecule has 1 atom stereocenters. The van der Waals surface area contributed by atoms with E-state index in [1.54, 1.807) is 18.9 Å². The van der Waals surface area contributed by atoms with E-state index in [1.807, 2.05) is 24.3 Å². The Labute approximate surface area is 104 Å². The van der Waals surface area contributed by atoms with Gasteiger partial charge in [-0.2, -0.15) is 16.9 Å². The molecule has 4 nitrogen and oxygen atoms in total. The Morgan fingerprint density at radius 1 is 1.41 bits per heavy atom. The molecule has 1 fully saturated rings. The first-order valence-corrected chi connectivity index (χ1v) is 6.58. The molecule has 1 aromatic carbocycles. The Hall–Kier alpha value is -1.49. The van der Waals surface area contributed by atoms with Gasteiger partial charge in [0, 0.05) is 11.5 Å². The third-order valence-electron chi connectivity index (χ3n) is 2.99. The van der Waals surface area contributed by atoms with Crippen molar-refractivity contribution >= 4 is 29.1 Å². The molecule has 0 radical (unpaired) electrons. The largest absolute Gasteiger partial charge is 0.497 e. The Bertz CT molecular complexity index is 484. The zero-order valence-electron chi connectivity index (χ0n) is 9.42. The van der Waals surface area contributed by atoms with Crippen LogP contribution >= 0.6 is 11.8 Å². The first-order chi connectivity index (χ1) is 8.29. The highest BCUT2D eigenvalue weighted by Gasteiger charge is 2.39. The molecule has 88 valence electrons. The average molecular weight is 248 g/mol. The minimum atomic E-state index is 0.00195. The van der Waals surface area contributed by atoms with E-state index < -0.39 is 0 Å². The molecular weight excluding hydrogens is 236 g/mol. The van der Waals surface area contributed by atoms with Crippen molar-refractivity contribution < 1.29 is 9.53 Å². The second kappa shape index (κ2) is 4.07. The summed E-state index contributed by atoms with van der Waals surface area (Å²) in [5, 5.41) is 5.91. The number of amides is 1. The SMILES string of the molecule is COc1ccc(N2N=C3CSCC3C2=O)cc1. The summed E-state index contributed by atoms with van der Waals surface area (Å²) in [5.74, 6) is 2.62.